The molecule has 0 saturated heterocycles. The first-order valence-electron chi connectivity index (χ1n) is 6.00. The number of nitrogens with two attached hydrogens (primary N) is 2. The lowest BCUT2D eigenvalue weighted by atomic mass is 10.2. The van der Waals surface area contributed by atoms with Gasteiger partial charge in [-0.3, -0.25) is 4.79 Å². The van der Waals surface area contributed by atoms with E-state index in [9.17, 15) is 13.2 Å². The summed E-state index contributed by atoms with van der Waals surface area (Å²) in [4.78, 5) is 11.0. The molecule has 1 heterocycles. The van der Waals surface area contributed by atoms with E-state index in [0.29, 0.717) is 5.76 Å². The lowest BCUT2D eigenvalue weighted by molar-refractivity contribution is 0.1000. The van der Waals surface area contributed by atoms with E-state index in [1.165, 1.54) is 31.5 Å². The van der Waals surface area contributed by atoms with Crippen molar-refractivity contribution in [1.29, 1.82) is 0 Å². The molecule has 21 heavy (non-hydrogen) atoms. The van der Waals surface area contributed by atoms with Gasteiger partial charge in [-0.05, 0) is 30.3 Å². The predicted molar refractivity (Wildman–Crippen MR) is 76.7 cm³/mol. The van der Waals surface area contributed by atoms with Gasteiger partial charge in [0.15, 0.2) is 0 Å². The van der Waals surface area contributed by atoms with Crippen LogP contribution in [0.3, 0.4) is 0 Å². The van der Waals surface area contributed by atoms with Gasteiger partial charge in [0.1, 0.15) is 10.7 Å². The first kappa shape index (κ1) is 15.1. The molecule has 112 valence electrons. The average Bonchev–Trinajstić information content (AvgIpc) is 2.90. The van der Waals surface area contributed by atoms with Crippen LogP contribution in [-0.4, -0.2) is 25.7 Å². The van der Waals surface area contributed by atoms with Crippen molar-refractivity contribution in [2.45, 2.75) is 11.4 Å². The van der Waals surface area contributed by atoms with Crippen LogP contribution in [0.1, 0.15) is 16.1 Å². The van der Waals surface area contributed by atoms with Crippen LogP contribution < -0.4 is 11.5 Å². The summed E-state index contributed by atoms with van der Waals surface area (Å²) < 4.78 is 31.1. The lowest BCUT2D eigenvalue weighted by Gasteiger charge is -2.17. The van der Waals surface area contributed by atoms with E-state index >= 15 is 0 Å². The van der Waals surface area contributed by atoms with Gasteiger partial charge in [-0.25, -0.2) is 8.42 Å². The summed E-state index contributed by atoms with van der Waals surface area (Å²) in [6.45, 7) is 0.0757. The molecule has 0 aliphatic rings. The predicted octanol–water partition coefficient (Wildman–Crippen LogP) is 0.781. The second kappa shape index (κ2) is 5.58. The van der Waals surface area contributed by atoms with Gasteiger partial charge in [0.05, 0.1) is 18.5 Å². The molecule has 8 heteroatoms. The molecule has 0 spiro atoms. The molecule has 1 aromatic carbocycles. The van der Waals surface area contributed by atoms with Crippen LogP contribution in [0.25, 0.3) is 0 Å². The first-order valence-corrected chi connectivity index (χ1v) is 7.44. The third-order valence-corrected chi connectivity index (χ3v) is 4.82. The lowest BCUT2D eigenvalue weighted by Crippen LogP contribution is -2.27. The number of nitrogen functional groups attached to an aromatic ring is 1. The minimum Gasteiger partial charge on any atom is -0.468 e. The average molecular weight is 309 g/mol. The van der Waals surface area contributed by atoms with Gasteiger partial charge in [0.2, 0.25) is 15.9 Å². The summed E-state index contributed by atoms with van der Waals surface area (Å²) in [5.41, 5.74) is 11.0. The van der Waals surface area contributed by atoms with Crippen LogP contribution in [0.5, 0.6) is 0 Å². The highest BCUT2D eigenvalue weighted by Crippen LogP contribution is 2.24. The SMILES string of the molecule is CN(Cc1ccco1)S(=O)(=O)c1ccc(C(N)=O)cc1N. The van der Waals surface area contributed by atoms with Crippen molar-refractivity contribution >= 4 is 21.6 Å². The van der Waals surface area contributed by atoms with Gasteiger partial charge in [-0.15, -0.1) is 0 Å². The zero-order valence-electron chi connectivity index (χ0n) is 11.3. The number of carbonyl (C=O) groups is 1. The Bertz CT molecular complexity index is 754. The number of furan rings is 1. The Hall–Kier alpha value is -2.32. The standard InChI is InChI=1S/C13H15N3O4S/c1-16(8-10-3-2-6-20-10)21(18,19)12-5-4-9(13(15)17)7-11(12)14/h2-7H,8,14H2,1H3,(H2,15,17). The van der Waals surface area contributed by atoms with Crippen molar-refractivity contribution in [1.82, 2.24) is 4.31 Å². The van der Waals surface area contributed by atoms with Crippen LogP contribution in [-0.2, 0) is 16.6 Å². The van der Waals surface area contributed by atoms with Crippen molar-refractivity contribution in [3.63, 3.8) is 0 Å². The first-order chi connectivity index (χ1) is 9.82. The number of primary amides is 1. The number of nitrogens with zero attached hydrogens (tertiary/aromatic N) is 1. The van der Waals surface area contributed by atoms with E-state index in [4.69, 9.17) is 15.9 Å². The summed E-state index contributed by atoms with van der Waals surface area (Å²) in [6.07, 6.45) is 1.46. The number of rotatable bonds is 5. The molecule has 1 amide bonds. The van der Waals surface area contributed by atoms with Crippen molar-refractivity contribution in [2.75, 3.05) is 12.8 Å². The Balaban J connectivity index is 2.33. The molecule has 0 fully saturated rings. The molecule has 0 aliphatic heterocycles. The maximum absolute atomic E-state index is 12.4. The molecule has 2 aromatic rings. The summed E-state index contributed by atoms with van der Waals surface area (Å²) >= 11 is 0. The van der Waals surface area contributed by atoms with Crippen LogP contribution in [0.2, 0.25) is 0 Å². The maximum Gasteiger partial charge on any atom is 0.248 e. The monoisotopic (exact) mass is 309 g/mol. The van der Waals surface area contributed by atoms with Gasteiger partial charge >= 0.3 is 0 Å². The molecular weight excluding hydrogens is 294 g/mol. The fourth-order valence-electron chi connectivity index (χ4n) is 1.81. The Morgan fingerprint density at radius 2 is 2.05 bits per heavy atom. The highest BCUT2D eigenvalue weighted by atomic mass is 32.2. The number of carbonyl (C=O) groups excluding carboxylic acids is 1. The Morgan fingerprint density at radius 1 is 1.33 bits per heavy atom. The molecule has 4 N–H and O–H groups in total. The summed E-state index contributed by atoms with van der Waals surface area (Å²) in [5, 5.41) is 0. The Labute approximate surface area is 122 Å². The van der Waals surface area contributed by atoms with Crippen molar-refractivity contribution < 1.29 is 17.6 Å². The largest absolute Gasteiger partial charge is 0.468 e. The number of benzene rings is 1. The second-order valence-corrected chi connectivity index (χ2v) is 6.47. The zero-order valence-corrected chi connectivity index (χ0v) is 12.1. The van der Waals surface area contributed by atoms with Gasteiger partial charge in [0.25, 0.3) is 0 Å². The van der Waals surface area contributed by atoms with Crippen molar-refractivity contribution in [2.24, 2.45) is 5.73 Å². The van der Waals surface area contributed by atoms with E-state index in [1.54, 1.807) is 12.1 Å². The number of hydrogen-bond donors (Lipinski definition) is 2. The fourth-order valence-corrected chi connectivity index (χ4v) is 3.04. The minimum atomic E-state index is -3.79. The molecule has 0 aliphatic carbocycles. The smallest absolute Gasteiger partial charge is 0.248 e. The minimum absolute atomic E-state index is 0.0300. The summed E-state index contributed by atoms with van der Waals surface area (Å²) in [5.74, 6) is -0.164. The van der Waals surface area contributed by atoms with Gasteiger partial charge in [-0.1, -0.05) is 0 Å². The molecule has 0 saturated carbocycles. The fraction of sp³-hybridized carbons (Fsp3) is 0.154. The molecule has 0 unspecified atom stereocenters. The second-order valence-electron chi connectivity index (χ2n) is 4.46. The summed E-state index contributed by atoms with van der Waals surface area (Å²) in [7, 11) is -2.38. The van der Waals surface area contributed by atoms with E-state index in [0.717, 1.165) is 4.31 Å². The zero-order chi connectivity index (χ0) is 15.6. The maximum atomic E-state index is 12.4. The molecule has 0 atom stereocenters. The summed E-state index contributed by atoms with van der Waals surface area (Å²) in [6, 6.07) is 7.18. The van der Waals surface area contributed by atoms with Gasteiger partial charge < -0.3 is 15.9 Å². The molecule has 0 bridgehead atoms. The normalized spacial score (nSPS) is 11.7. The van der Waals surface area contributed by atoms with E-state index in [1.807, 2.05) is 0 Å². The third-order valence-electron chi connectivity index (χ3n) is 2.94. The molecule has 2 rings (SSSR count). The third kappa shape index (κ3) is 3.06. The van der Waals surface area contributed by atoms with Crippen LogP contribution in [0.15, 0.2) is 45.9 Å². The van der Waals surface area contributed by atoms with Crippen LogP contribution >= 0.6 is 0 Å². The van der Waals surface area contributed by atoms with E-state index in [2.05, 4.69) is 0 Å². The van der Waals surface area contributed by atoms with Crippen LogP contribution in [0, 0.1) is 0 Å². The topological polar surface area (TPSA) is 120 Å². The number of sulfonamides is 1. The highest BCUT2D eigenvalue weighted by Gasteiger charge is 2.24. The van der Waals surface area contributed by atoms with E-state index < -0.39 is 15.9 Å². The number of anilines is 1. The van der Waals surface area contributed by atoms with E-state index in [-0.39, 0.29) is 22.7 Å². The molecule has 1 aromatic heterocycles. The number of hydrogen-bond acceptors (Lipinski definition) is 5. The molecule has 7 nitrogen and oxygen atoms in total. The number of amides is 1. The quantitative estimate of drug-likeness (QED) is 0.791. The van der Waals surface area contributed by atoms with Crippen molar-refractivity contribution in [3.05, 3.63) is 47.9 Å². The van der Waals surface area contributed by atoms with Gasteiger partial charge in [-0.2, -0.15) is 4.31 Å². The van der Waals surface area contributed by atoms with Crippen molar-refractivity contribution in [3.8, 4) is 0 Å². The Kier molecular flexibility index (Phi) is 4.01. The van der Waals surface area contributed by atoms with Crippen LogP contribution in [0.4, 0.5) is 5.69 Å². The molecular formula is C13H15N3O4S. The Morgan fingerprint density at radius 3 is 2.57 bits per heavy atom. The molecule has 0 radical (unpaired) electrons. The highest BCUT2D eigenvalue weighted by molar-refractivity contribution is 7.89. The van der Waals surface area contributed by atoms with Gasteiger partial charge in [0, 0.05) is 12.6 Å².